The Bertz CT molecular complexity index is 792. The van der Waals surface area contributed by atoms with E-state index < -0.39 is 11.9 Å². The monoisotopic (exact) mass is 410 g/mol. The third kappa shape index (κ3) is 7.12. The van der Waals surface area contributed by atoms with Gasteiger partial charge in [-0.2, -0.15) is 0 Å². The summed E-state index contributed by atoms with van der Waals surface area (Å²) in [5, 5.41) is 0.939. The Hall–Kier alpha value is -2.24. The summed E-state index contributed by atoms with van der Waals surface area (Å²) in [5.41, 5.74) is 0.342. The van der Waals surface area contributed by atoms with Gasteiger partial charge in [-0.3, -0.25) is 4.79 Å². The minimum atomic E-state index is -0.442. The number of rotatable bonds is 9. The molecule has 0 unspecified atom stereocenters. The van der Waals surface area contributed by atoms with Gasteiger partial charge >= 0.3 is 11.9 Å². The lowest BCUT2D eigenvalue weighted by Gasteiger charge is -2.09. The molecule has 0 heterocycles. The molecule has 2 rings (SSSR count). The van der Waals surface area contributed by atoms with Crippen LogP contribution in [0.3, 0.4) is 0 Å². The predicted octanol–water partition coefficient (Wildman–Crippen LogP) is 5.32. The second kappa shape index (κ2) is 10.8. The molecule has 0 spiro atoms. The zero-order valence-corrected chi connectivity index (χ0v) is 16.4. The molecule has 27 heavy (non-hydrogen) atoms. The van der Waals surface area contributed by atoms with E-state index in [9.17, 15) is 9.59 Å². The molecule has 0 bridgehead atoms. The molecule has 7 heteroatoms. The van der Waals surface area contributed by atoms with Gasteiger partial charge in [0.25, 0.3) is 0 Å². The molecule has 0 saturated carbocycles. The summed E-state index contributed by atoms with van der Waals surface area (Å²) in [4.78, 5) is 23.8. The summed E-state index contributed by atoms with van der Waals surface area (Å²) in [5.74, 6) is -0.0526. The first-order valence-electron chi connectivity index (χ1n) is 8.55. The highest BCUT2D eigenvalue weighted by Gasteiger charge is 2.11. The first kappa shape index (κ1) is 21.1. The van der Waals surface area contributed by atoms with Gasteiger partial charge in [0.05, 0.1) is 23.8 Å². The molecule has 0 amide bonds. The first-order chi connectivity index (χ1) is 13.0. The second-order valence-electron chi connectivity index (χ2n) is 5.66. The van der Waals surface area contributed by atoms with Crippen LogP contribution >= 0.6 is 23.2 Å². The number of carbonyl (C=O) groups is 2. The third-order valence-electron chi connectivity index (χ3n) is 3.42. The number of ether oxygens (including phenoxy) is 3. The Kier molecular flexibility index (Phi) is 8.43. The highest BCUT2D eigenvalue weighted by atomic mass is 35.5. The van der Waals surface area contributed by atoms with Gasteiger partial charge in [0.15, 0.2) is 0 Å². The molecule has 0 aliphatic carbocycles. The molecule has 0 radical (unpaired) electrons. The topological polar surface area (TPSA) is 61.8 Å². The van der Waals surface area contributed by atoms with Crippen LogP contribution in [0.2, 0.25) is 10.0 Å². The fraction of sp³-hybridized carbons (Fsp3) is 0.300. The van der Waals surface area contributed by atoms with E-state index in [1.807, 2.05) is 6.92 Å². The molecular formula is C20H20Cl2O5. The number of esters is 2. The van der Waals surface area contributed by atoms with Crippen molar-refractivity contribution in [3.05, 3.63) is 58.1 Å². The average molecular weight is 411 g/mol. The Morgan fingerprint density at radius 3 is 2.59 bits per heavy atom. The molecule has 2 aromatic rings. The van der Waals surface area contributed by atoms with E-state index >= 15 is 0 Å². The van der Waals surface area contributed by atoms with E-state index in [4.69, 9.17) is 37.4 Å². The van der Waals surface area contributed by atoms with Gasteiger partial charge in [-0.25, -0.2) is 4.79 Å². The number of hydrogen-bond donors (Lipinski definition) is 0. The van der Waals surface area contributed by atoms with E-state index in [-0.39, 0.29) is 6.42 Å². The maximum atomic E-state index is 12.0. The largest absolute Gasteiger partial charge is 0.492 e. The summed E-state index contributed by atoms with van der Waals surface area (Å²) >= 11 is 11.8. The Morgan fingerprint density at radius 1 is 1.04 bits per heavy atom. The smallest absolute Gasteiger partial charge is 0.338 e. The van der Waals surface area contributed by atoms with Crippen molar-refractivity contribution < 1.29 is 23.8 Å². The van der Waals surface area contributed by atoms with Crippen LogP contribution in [-0.4, -0.2) is 25.2 Å². The Labute approximate surface area is 168 Å². The lowest BCUT2D eigenvalue weighted by molar-refractivity contribution is -0.134. The first-order valence-corrected chi connectivity index (χ1v) is 9.31. The van der Waals surface area contributed by atoms with E-state index in [0.29, 0.717) is 46.7 Å². The van der Waals surface area contributed by atoms with E-state index in [0.717, 1.165) is 6.42 Å². The van der Waals surface area contributed by atoms with E-state index in [1.165, 1.54) is 6.07 Å². The highest BCUT2D eigenvalue weighted by Crippen LogP contribution is 2.27. The van der Waals surface area contributed by atoms with Gasteiger partial charge in [0.1, 0.15) is 11.5 Å². The van der Waals surface area contributed by atoms with Crippen LogP contribution in [0.25, 0.3) is 0 Å². The van der Waals surface area contributed by atoms with Crippen molar-refractivity contribution in [2.75, 3.05) is 13.2 Å². The molecule has 0 fully saturated rings. The zero-order chi connectivity index (χ0) is 19.6. The molecule has 0 aliphatic rings. The second-order valence-corrected chi connectivity index (χ2v) is 6.51. The van der Waals surface area contributed by atoms with Crippen LogP contribution in [0.1, 0.15) is 36.5 Å². The quantitative estimate of drug-likeness (QED) is 0.317. The van der Waals surface area contributed by atoms with Crippen molar-refractivity contribution in [3.8, 4) is 11.5 Å². The number of benzene rings is 2. The minimum absolute atomic E-state index is 0.162. The predicted molar refractivity (Wildman–Crippen MR) is 104 cm³/mol. The van der Waals surface area contributed by atoms with Crippen LogP contribution < -0.4 is 9.47 Å². The summed E-state index contributed by atoms with van der Waals surface area (Å²) in [6, 6.07) is 11.3. The van der Waals surface area contributed by atoms with E-state index in [2.05, 4.69) is 0 Å². The normalized spacial score (nSPS) is 10.3. The SMILES string of the molecule is CCCOC(=O)c1cccc(OC(=O)CCCOc2ccc(Cl)cc2Cl)c1. The van der Waals surface area contributed by atoms with Crippen LogP contribution in [0.15, 0.2) is 42.5 Å². The van der Waals surface area contributed by atoms with Crippen LogP contribution in [0, 0.1) is 0 Å². The molecule has 0 saturated heterocycles. The number of hydrogen-bond acceptors (Lipinski definition) is 5. The van der Waals surface area contributed by atoms with Gasteiger partial charge in [0.2, 0.25) is 0 Å². The summed E-state index contributed by atoms with van der Waals surface area (Å²) in [6.45, 7) is 2.57. The van der Waals surface area contributed by atoms with E-state index in [1.54, 1.807) is 36.4 Å². The molecular weight excluding hydrogens is 391 g/mol. The molecule has 0 N–H and O–H groups in total. The molecule has 0 aromatic heterocycles. The summed E-state index contributed by atoms with van der Waals surface area (Å²) in [6.07, 6.45) is 1.36. The van der Waals surface area contributed by atoms with Crippen molar-refractivity contribution in [2.24, 2.45) is 0 Å². The van der Waals surface area contributed by atoms with Crippen molar-refractivity contribution in [3.63, 3.8) is 0 Å². The molecule has 5 nitrogen and oxygen atoms in total. The molecule has 2 aromatic carbocycles. The number of halogens is 2. The van der Waals surface area contributed by atoms with Crippen molar-refractivity contribution in [2.45, 2.75) is 26.2 Å². The van der Waals surface area contributed by atoms with Crippen molar-refractivity contribution >= 4 is 35.1 Å². The molecule has 0 atom stereocenters. The lowest BCUT2D eigenvalue weighted by atomic mass is 10.2. The lowest BCUT2D eigenvalue weighted by Crippen LogP contribution is -2.11. The molecule has 144 valence electrons. The maximum Gasteiger partial charge on any atom is 0.338 e. The van der Waals surface area contributed by atoms with Gasteiger partial charge in [-0.05, 0) is 49.2 Å². The average Bonchev–Trinajstić information content (AvgIpc) is 2.65. The van der Waals surface area contributed by atoms with Gasteiger partial charge in [-0.1, -0.05) is 36.2 Å². The van der Waals surface area contributed by atoms with Gasteiger partial charge in [0, 0.05) is 11.4 Å². The third-order valence-corrected chi connectivity index (χ3v) is 3.95. The standard InChI is InChI=1S/C20H20Cl2O5/c1-2-10-26-20(24)14-5-3-6-16(12-14)27-19(23)7-4-11-25-18-9-8-15(21)13-17(18)22/h3,5-6,8-9,12-13H,2,4,7,10-11H2,1H3. The van der Waals surface area contributed by atoms with Crippen LogP contribution in [0.4, 0.5) is 0 Å². The van der Waals surface area contributed by atoms with Crippen LogP contribution in [-0.2, 0) is 9.53 Å². The Balaban J connectivity index is 1.77. The maximum absolute atomic E-state index is 12.0. The summed E-state index contributed by atoms with van der Waals surface area (Å²) < 4.78 is 15.8. The van der Waals surface area contributed by atoms with Gasteiger partial charge < -0.3 is 14.2 Å². The number of carbonyl (C=O) groups excluding carboxylic acids is 2. The molecule has 0 aliphatic heterocycles. The zero-order valence-electron chi connectivity index (χ0n) is 14.9. The fourth-order valence-corrected chi connectivity index (χ4v) is 2.60. The van der Waals surface area contributed by atoms with Crippen molar-refractivity contribution in [1.82, 2.24) is 0 Å². The van der Waals surface area contributed by atoms with Crippen LogP contribution in [0.5, 0.6) is 11.5 Å². The minimum Gasteiger partial charge on any atom is -0.492 e. The fourth-order valence-electron chi connectivity index (χ4n) is 2.14. The summed E-state index contributed by atoms with van der Waals surface area (Å²) in [7, 11) is 0. The van der Waals surface area contributed by atoms with Crippen molar-refractivity contribution in [1.29, 1.82) is 0 Å². The van der Waals surface area contributed by atoms with Gasteiger partial charge in [-0.15, -0.1) is 0 Å². The Morgan fingerprint density at radius 2 is 1.85 bits per heavy atom. The highest BCUT2D eigenvalue weighted by molar-refractivity contribution is 6.35.